The van der Waals surface area contributed by atoms with Crippen molar-refractivity contribution >= 4 is 18.2 Å². The van der Waals surface area contributed by atoms with Gasteiger partial charge in [0, 0.05) is 22.8 Å². The van der Waals surface area contributed by atoms with Crippen LogP contribution in [0.5, 0.6) is 0 Å². The van der Waals surface area contributed by atoms with Crippen LogP contribution in [0.1, 0.15) is 33.1 Å². The van der Waals surface area contributed by atoms with Gasteiger partial charge in [0.25, 0.3) is 0 Å². The fraction of sp³-hybridized carbons (Fsp3) is 0.650. The summed E-state index contributed by atoms with van der Waals surface area (Å²) in [5.74, 6) is -2.34. The molecule has 0 spiro atoms. The molecule has 3 aliphatic rings. The summed E-state index contributed by atoms with van der Waals surface area (Å²) >= 11 is 0. The second-order valence-electron chi connectivity index (χ2n) is 7.85. The van der Waals surface area contributed by atoms with Crippen molar-refractivity contribution in [2.75, 3.05) is 7.11 Å². The lowest BCUT2D eigenvalue weighted by Gasteiger charge is -2.55. The van der Waals surface area contributed by atoms with Gasteiger partial charge in [0.05, 0.1) is 19.1 Å². The van der Waals surface area contributed by atoms with E-state index >= 15 is 0 Å². The molecule has 1 aliphatic heterocycles. The normalized spacial score (nSPS) is 41.3. The molecule has 3 fully saturated rings. The highest BCUT2D eigenvalue weighted by molar-refractivity contribution is 5.91. The average Bonchev–Trinajstić information content (AvgIpc) is 2.92. The van der Waals surface area contributed by atoms with Crippen LogP contribution in [0.2, 0.25) is 0 Å². The number of allylic oxidation sites excluding steroid dienone is 1. The zero-order valence-electron chi connectivity index (χ0n) is 15.8. The Bertz CT molecular complexity index is 696. The summed E-state index contributed by atoms with van der Waals surface area (Å²) in [5.41, 5.74) is -0.478. The number of aldehydes is 1. The number of rotatable bonds is 4. The lowest BCUT2D eigenvalue weighted by Crippen LogP contribution is -2.60. The van der Waals surface area contributed by atoms with Crippen molar-refractivity contribution in [2.45, 2.75) is 51.4 Å². The summed E-state index contributed by atoms with van der Waals surface area (Å²) in [6.07, 6.45) is 1.67. The van der Waals surface area contributed by atoms with Crippen molar-refractivity contribution in [1.82, 2.24) is 0 Å². The minimum absolute atomic E-state index is 0.0599. The molecule has 7 nitrogen and oxygen atoms in total. The van der Waals surface area contributed by atoms with Crippen LogP contribution in [0.3, 0.4) is 0 Å². The molecule has 3 rings (SSSR count). The Morgan fingerprint density at radius 3 is 2.70 bits per heavy atom. The second-order valence-corrected chi connectivity index (χ2v) is 7.85. The molecule has 2 aliphatic carbocycles. The predicted molar refractivity (Wildman–Crippen MR) is 94.2 cm³/mol. The Morgan fingerprint density at radius 1 is 1.41 bits per heavy atom. The van der Waals surface area contributed by atoms with Crippen molar-refractivity contribution in [3.63, 3.8) is 0 Å². The molecule has 7 heteroatoms. The number of carbonyl (C=O) groups is 3. The summed E-state index contributed by atoms with van der Waals surface area (Å²) in [5, 5.41) is 10.7. The van der Waals surface area contributed by atoms with Crippen LogP contribution in [0, 0.1) is 23.2 Å². The van der Waals surface area contributed by atoms with E-state index in [-0.39, 0.29) is 23.2 Å². The van der Waals surface area contributed by atoms with Gasteiger partial charge in [-0.05, 0) is 32.3 Å². The number of esters is 2. The van der Waals surface area contributed by atoms with Crippen LogP contribution in [-0.4, -0.2) is 48.8 Å². The van der Waals surface area contributed by atoms with Crippen LogP contribution in [-0.2, 0) is 28.6 Å². The number of ether oxygens (including phenoxy) is 3. The molecule has 0 aromatic heterocycles. The number of hydrogen-bond donors (Lipinski definition) is 1. The Labute approximate surface area is 158 Å². The molecule has 0 amide bonds. The predicted octanol–water partition coefficient (Wildman–Crippen LogP) is 1.54. The molecule has 27 heavy (non-hydrogen) atoms. The fourth-order valence-corrected chi connectivity index (χ4v) is 5.14. The Hall–Kier alpha value is -2.15. The molecule has 2 saturated carbocycles. The summed E-state index contributed by atoms with van der Waals surface area (Å²) in [6.45, 7) is 7.36. The van der Waals surface area contributed by atoms with Gasteiger partial charge in [0.15, 0.2) is 5.76 Å². The van der Waals surface area contributed by atoms with Crippen molar-refractivity contribution in [3.05, 3.63) is 24.0 Å². The van der Waals surface area contributed by atoms with E-state index < -0.39 is 41.6 Å². The standard InChI is InChI=1S/C20H26O7/c1-5-12(25-4)19(24)26-13-8-20(3)14(22)7-6-11(9-21)16(20)17-15(13)10(2)18(23)27-17/h5,9,11,13-17,22H,2,6-8H2,1,3-4H3/b12-5+/t11-,13-,14+,15+,16+,17-,20-/m0/s1. The van der Waals surface area contributed by atoms with E-state index in [2.05, 4.69) is 6.58 Å². The van der Waals surface area contributed by atoms with Crippen LogP contribution in [0.25, 0.3) is 0 Å². The number of fused-ring (bicyclic) bond motifs is 3. The number of aliphatic hydroxyl groups excluding tert-OH is 1. The number of methoxy groups -OCH3 is 1. The van der Waals surface area contributed by atoms with Gasteiger partial charge in [0.1, 0.15) is 18.5 Å². The second kappa shape index (κ2) is 7.11. The van der Waals surface area contributed by atoms with Gasteiger partial charge in [-0.2, -0.15) is 0 Å². The highest BCUT2D eigenvalue weighted by Gasteiger charge is 2.63. The fourth-order valence-electron chi connectivity index (χ4n) is 5.14. The van der Waals surface area contributed by atoms with Gasteiger partial charge in [-0.25, -0.2) is 9.59 Å². The van der Waals surface area contributed by atoms with Crippen molar-refractivity contribution in [1.29, 1.82) is 0 Å². The summed E-state index contributed by atoms with van der Waals surface area (Å²) in [4.78, 5) is 36.3. The van der Waals surface area contributed by atoms with E-state index in [0.29, 0.717) is 19.3 Å². The third kappa shape index (κ3) is 2.98. The molecule has 1 N–H and O–H groups in total. The minimum Gasteiger partial charge on any atom is -0.490 e. The van der Waals surface area contributed by atoms with E-state index in [0.717, 1.165) is 6.29 Å². The molecular formula is C20H26O7. The van der Waals surface area contributed by atoms with Crippen LogP contribution >= 0.6 is 0 Å². The highest BCUT2D eigenvalue weighted by Crippen LogP contribution is 2.58. The van der Waals surface area contributed by atoms with Gasteiger partial charge < -0.3 is 24.1 Å². The van der Waals surface area contributed by atoms with Gasteiger partial charge in [0.2, 0.25) is 0 Å². The first-order valence-corrected chi connectivity index (χ1v) is 9.22. The Morgan fingerprint density at radius 2 is 2.11 bits per heavy atom. The zero-order valence-corrected chi connectivity index (χ0v) is 15.8. The lowest BCUT2D eigenvalue weighted by molar-refractivity contribution is -0.195. The molecule has 0 aromatic carbocycles. The number of carbonyl (C=O) groups excluding carboxylic acids is 3. The molecule has 0 bridgehead atoms. The van der Waals surface area contributed by atoms with Crippen molar-refractivity contribution < 1.29 is 33.7 Å². The highest BCUT2D eigenvalue weighted by atomic mass is 16.6. The van der Waals surface area contributed by atoms with Crippen LogP contribution in [0.4, 0.5) is 0 Å². The molecule has 148 valence electrons. The molecule has 7 atom stereocenters. The first-order chi connectivity index (χ1) is 12.8. The molecule has 1 heterocycles. The first kappa shape index (κ1) is 19.6. The monoisotopic (exact) mass is 378 g/mol. The van der Waals surface area contributed by atoms with Gasteiger partial charge in [-0.3, -0.25) is 0 Å². The van der Waals surface area contributed by atoms with Gasteiger partial charge in [-0.15, -0.1) is 0 Å². The van der Waals surface area contributed by atoms with E-state index in [9.17, 15) is 19.5 Å². The average molecular weight is 378 g/mol. The zero-order chi connectivity index (χ0) is 19.9. The SMILES string of the molecule is C=C1C(=O)O[C@H]2[C@H]1[C@@H](OC(=O)/C(=C\C)OC)C[C@]1(C)[C@@H]2[C@H](C=O)CC[C@H]1O. The third-order valence-electron chi connectivity index (χ3n) is 6.53. The van der Waals surface area contributed by atoms with Crippen LogP contribution < -0.4 is 0 Å². The van der Waals surface area contributed by atoms with E-state index in [1.807, 2.05) is 6.92 Å². The molecule has 0 radical (unpaired) electrons. The third-order valence-corrected chi connectivity index (χ3v) is 6.53. The smallest absolute Gasteiger partial charge is 0.373 e. The Balaban J connectivity index is 1.99. The summed E-state index contributed by atoms with van der Waals surface area (Å²) < 4.78 is 16.3. The maximum absolute atomic E-state index is 12.4. The molecule has 1 saturated heterocycles. The van der Waals surface area contributed by atoms with Gasteiger partial charge in [-0.1, -0.05) is 13.5 Å². The number of aliphatic hydroxyl groups is 1. The topological polar surface area (TPSA) is 99.1 Å². The maximum Gasteiger partial charge on any atom is 0.373 e. The quantitative estimate of drug-likeness (QED) is 0.343. The molecule has 0 aromatic rings. The number of hydrogen-bond acceptors (Lipinski definition) is 7. The summed E-state index contributed by atoms with van der Waals surface area (Å²) in [6, 6.07) is 0. The van der Waals surface area contributed by atoms with Crippen molar-refractivity contribution in [2.24, 2.45) is 23.2 Å². The van der Waals surface area contributed by atoms with E-state index in [1.54, 1.807) is 6.92 Å². The van der Waals surface area contributed by atoms with Crippen molar-refractivity contribution in [3.8, 4) is 0 Å². The molecule has 0 unspecified atom stereocenters. The first-order valence-electron chi connectivity index (χ1n) is 9.22. The lowest BCUT2D eigenvalue weighted by atomic mass is 9.51. The maximum atomic E-state index is 12.4. The van der Waals surface area contributed by atoms with Gasteiger partial charge >= 0.3 is 11.9 Å². The van der Waals surface area contributed by atoms with E-state index in [1.165, 1.54) is 13.2 Å². The minimum atomic E-state index is -0.718. The van der Waals surface area contributed by atoms with E-state index in [4.69, 9.17) is 14.2 Å². The Kier molecular flexibility index (Phi) is 5.16. The largest absolute Gasteiger partial charge is 0.490 e. The molecular weight excluding hydrogens is 352 g/mol. The van der Waals surface area contributed by atoms with Crippen LogP contribution in [0.15, 0.2) is 24.0 Å². The summed E-state index contributed by atoms with van der Waals surface area (Å²) in [7, 11) is 1.37.